The van der Waals surface area contributed by atoms with E-state index in [4.69, 9.17) is 4.74 Å². The molecule has 0 aliphatic heterocycles. The Balaban J connectivity index is 4.37. The third-order valence-electron chi connectivity index (χ3n) is 3.56. The highest BCUT2D eigenvalue weighted by molar-refractivity contribution is 5.88. The number of aldehydes is 1. The first-order valence-corrected chi connectivity index (χ1v) is 8.09. The van der Waals surface area contributed by atoms with Gasteiger partial charge in [0.2, 0.25) is 0 Å². The van der Waals surface area contributed by atoms with Gasteiger partial charge in [-0.1, -0.05) is 24.3 Å². The van der Waals surface area contributed by atoms with E-state index in [1.807, 2.05) is 13.0 Å². The lowest BCUT2D eigenvalue weighted by atomic mass is 10.0. The van der Waals surface area contributed by atoms with Crippen molar-refractivity contribution in [2.75, 3.05) is 14.2 Å². The second-order valence-electron chi connectivity index (χ2n) is 5.50. The van der Waals surface area contributed by atoms with Crippen molar-refractivity contribution in [3.05, 3.63) is 35.5 Å². The lowest BCUT2D eigenvalue weighted by Gasteiger charge is -2.05. The van der Waals surface area contributed by atoms with Crippen LogP contribution in [-0.4, -0.2) is 32.4 Å². The molecule has 0 rings (SSSR count). The predicted molar refractivity (Wildman–Crippen MR) is 93.4 cm³/mol. The van der Waals surface area contributed by atoms with Gasteiger partial charge in [-0.25, -0.2) is 9.59 Å². The molecule has 0 radical (unpaired) electrons. The molecular weight excluding hydrogens is 308 g/mol. The Bertz CT molecular complexity index is 500. The highest BCUT2D eigenvalue weighted by Crippen LogP contribution is 2.14. The van der Waals surface area contributed by atoms with Gasteiger partial charge in [0.15, 0.2) is 0 Å². The fourth-order valence-electron chi connectivity index (χ4n) is 2.11. The first kappa shape index (κ1) is 21.8. The molecule has 0 atom stereocenters. The molecule has 5 heteroatoms. The minimum atomic E-state index is -0.373. The van der Waals surface area contributed by atoms with Gasteiger partial charge in [-0.3, -0.25) is 0 Å². The van der Waals surface area contributed by atoms with Crippen molar-refractivity contribution in [1.29, 1.82) is 0 Å². The molecule has 0 heterocycles. The fourth-order valence-corrected chi connectivity index (χ4v) is 2.11. The molecule has 0 N–H and O–H groups in total. The number of methoxy groups -OCH3 is 2. The van der Waals surface area contributed by atoms with Crippen molar-refractivity contribution in [1.82, 2.24) is 0 Å². The summed E-state index contributed by atoms with van der Waals surface area (Å²) in [4.78, 5) is 33.3. The molecule has 0 saturated carbocycles. The number of allylic oxidation sites excluding steroid dienone is 3. The van der Waals surface area contributed by atoms with Crippen LogP contribution in [0.5, 0.6) is 0 Å². The quantitative estimate of drug-likeness (QED) is 0.179. The minimum Gasteiger partial charge on any atom is -0.466 e. The molecule has 0 spiro atoms. The van der Waals surface area contributed by atoms with E-state index in [0.29, 0.717) is 36.8 Å². The van der Waals surface area contributed by atoms with E-state index in [0.717, 1.165) is 25.5 Å². The maximum absolute atomic E-state index is 11.7. The number of carbonyl (C=O) groups excluding carboxylic acids is 3. The molecule has 0 aromatic rings. The third kappa shape index (κ3) is 9.77. The second-order valence-corrected chi connectivity index (χ2v) is 5.50. The lowest BCUT2D eigenvalue weighted by molar-refractivity contribution is -0.137. The van der Waals surface area contributed by atoms with Gasteiger partial charge in [0.25, 0.3) is 0 Å². The first-order chi connectivity index (χ1) is 11.5. The van der Waals surface area contributed by atoms with E-state index >= 15 is 0 Å². The van der Waals surface area contributed by atoms with Crippen molar-refractivity contribution in [3.8, 4) is 0 Å². The summed E-state index contributed by atoms with van der Waals surface area (Å²) in [6.07, 6.45) is 9.27. The van der Waals surface area contributed by atoms with Crippen molar-refractivity contribution in [3.63, 3.8) is 0 Å². The average molecular weight is 336 g/mol. The number of hydrogen-bond donors (Lipinski definition) is 0. The molecule has 5 nitrogen and oxygen atoms in total. The maximum atomic E-state index is 11.7. The number of esters is 2. The lowest BCUT2D eigenvalue weighted by Crippen LogP contribution is -2.05. The molecule has 0 aliphatic rings. The van der Waals surface area contributed by atoms with E-state index in [2.05, 4.69) is 17.4 Å². The Hall–Kier alpha value is -2.17. The molecule has 0 fully saturated rings. The fraction of sp³-hybridized carbons (Fsp3) is 0.526. The van der Waals surface area contributed by atoms with Crippen molar-refractivity contribution in [2.45, 2.75) is 51.9 Å². The van der Waals surface area contributed by atoms with Crippen molar-refractivity contribution < 1.29 is 23.9 Å². The van der Waals surface area contributed by atoms with Crippen molar-refractivity contribution in [2.24, 2.45) is 0 Å². The van der Waals surface area contributed by atoms with Gasteiger partial charge in [0, 0.05) is 17.6 Å². The normalized spacial score (nSPS) is 11.8. The summed E-state index contributed by atoms with van der Waals surface area (Å²) in [5.41, 5.74) is 2.26. The Kier molecular flexibility index (Phi) is 12.1. The SMILES string of the molecule is C=C(CC/C=C(\C)CC/C=C(/CCCC=O)C(=O)OC)C(=O)OC. The van der Waals surface area contributed by atoms with Gasteiger partial charge in [0.05, 0.1) is 14.2 Å². The summed E-state index contributed by atoms with van der Waals surface area (Å²) in [5.74, 6) is -0.709. The number of unbranched alkanes of at least 4 members (excludes halogenated alkanes) is 1. The molecule has 0 bridgehead atoms. The summed E-state index contributed by atoms with van der Waals surface area (Å²) in [6, 6.07) is 0. The molecular formula is C19H28O5. The van der Waals surface area contributed by atoms with E-state index in [9.17, 15) is 14.4 Å². The van der Waals surface area contributed by atoms with E-state index in [-0.39, 0.29) is 11.9 Å². The molecule has 0 aromatic carbocycles. The van der Waals surface area contributed by atoms with E-state index < -0.39 is 0 Å². The predicted octanol–water partition coefficient (Wildman–Crippen LogP) is 3.69. The third-order valence-corrected chi connectivity index (χ3v) is 3.56. The number of hydrogen-bond acceptors (Lipinski definition) is 5. The largest absolute Gasteiger partial charge is 0.466 e. The number of rotatable bonds is 12. The zero-order chi connectivity index (χ0) is 18.4. The van der Waals surface area contributed by atoms with Crippen LogP contribution in [0, 0.1) is 0 Å². The van der Waals surface area contributed by atoms with Crippen LogP contribution in [0.2, 0.25) is 0 Å². The Labute approximate surface area is 144 Å². The monoisotopic (exact) mass is 336 g/mol. The van der Waals surface area contributed by atoms with Gasteiger partial charge in [-0.2, -0.15) is 0 Å². The van der Waals surface area contributed by atoms with Gasteiger partial charge < -0.3 is 14.3 Å². The van der Waals surface area contributed by atoms with Crippen LogP contribution in [0.3, 0.4) is 0 Å². The molecule has 24 heavy (non-hydrogen) atoms. The molecule has 0 aromatic heterocycles. The van der Waals surface area contributed by atoms with E-state index in [1.54, 1.807) is 0 Å². The van der Waals surface area contributed by atoms with Crippen LogP contribution < -0.4 is 0 Å². The number of ether oxygens (including phenoxy) is 2. The zero-order valence-electron chi connectivity index (χ0n) is 14.9. The molecule has 134 valence electrons. The van der Waals surface area contributed by atoms with Gasteiger partial charge in [0.1, 0.15) is 6.29 Å². The van der Waals surface area contributed by atoms with Crippen molar-refractivity contribution >= 4 is 18.2 Å². The molecule has 0 amide bonds. The standard InChI is InChI=1S/C19H28O5/c1-15(9-7-11-16(2)18(21)23-3)10-8-13-17(19(22)24-4)12-5-6-14-20/h9,13-14H,2,5-8,10-12H2,1,3-4H3/b15-9+,17-13-. The van der Waals surface area contributed by atoms with Crippen LogP contribution >= 0.6 is 0 Å². The first-order valence-electron chi connectivity index (χ1n) is 8.09. The van der Waals surface area contributed by atoms with Gasteiger partial charge >= 0.3 is 11.9 Å². The minimum absolute atomic E-state index is 0.336. The molecule has 0 saturated heterocycles. The topological polar surface area (TPSA) is 69.7 Å². The van der Waals surface area contributed by atoms with Crippen LogP contribution in [0.1, 0.15) is 51.9 Å². The van der Waals surface area contributed by atoms with Gasteiger partial charge in [-0.15, -0.1) is 0 Å². The zero-order valence-corrected chi connectivity index (χ0v) is 14.9. The summed E-state index contributed by atoms with van der Waals surface area (Å²) < 4.78 is 9.36. The smallest absolute Gasteiger partial charge is 0.333 e. The van der Waals surface area contributed by atoms with Crippen LogP contribution in [0.4, 0.5) is 0 Å². The van der Waals surface area contributed by atoms with Crippen LogP contribution in [-0.2, 0) is 23.9 Å². The summed E-state index contributed by atoms with van der Waals surface area (Å²) in [6.45, 7) is 5.70. The Morgan fingerprint density at radius 1 is 0.917 bits per heavy atom. The molecule has 0 unspecified atom stereocenters. The Morgan fingerprint density at radius 2 is 1.54 bits per heavy atom. The van der Waals surface area contributed by atoms with Crippen LogP contribution in [0.15, 0.2) is 35.5 Å². The Morgan fingerprint density at radius 3 is 2.12 bits per heavy atom. The maximum Gasteiger partial charge on any atom is 0.333 e. The number of carbonyl (C=O) groups is 3. The van der Waals surface area contributed by atoms with E-state index in [1.165, 1.54) is 19.8 Å². The highest BCUT2D eigenvalue weighted by atomic mass is 16.5. The highest BCUT2D eigenvalue weighted by Gasteiger charge is 2.08. The second kappa shape index (κ2) is 13.3. The molecule has 0 aliphatic carbocycles. The summed E-state index contributed by atoms with van der Waals surface area (Å²) in [5, 5.41) is 0. The summed E-state index contributed by atoms with van der Waals surface area (Å²) >= 11 is 0. The van der Waals surface area contributed by atoms with Crippen LogP contribution in [0.25, 0.3) is 0 Å². The average Bonchev–Trinajstić information content (AvgIpc) is 2.58. The van der Waals surface area contributed by atoms with Gasteiger partial charge in [-0.05, 0) is 45.4 Å². The summed E-state index contributed by atoms with van der Waals surface area (Å²) in [7, 11) is 2.70.